The number of nitrogens with one attached hydrogen (secondary N) is 3. The SMILES string of the molecule is CN(C)C1(Cc2cccc(Cl)c2)CCC(NC(=O)CCC(=O)N(CCC#N)Cc2ccccc2)CC1.CN(C)C1(Cc2cccc(Cl)c2)CCC(NC(=O)CCC(=O)NCc2ccc(F)c(Cl)c2)CC1. The lowest BCUT2D eigenvalue weighted by Gasteiger charge is -2.45. The van der Waals surface area contributed by atoms with Crippen LogP contribution in [0.1, 0.15) is 106 Å². The molecule has 376 valence electrons. The van der Waals surface area contributed by atoms with E-state index in [0.29, 0.717) is 18.7 Å². The Hall–Kier alpha value is -5.03. The minimum absolute atomic E-state index is 0.0180. The summed E-state index contributed by atoms with van der Waals surface area (Å²) in [6, 6.07) is 32.4. The van der Waals surface area contributed by atoms with E-state index in [1.807, 2.05) is 66.7 Å². The normalized spacial score (nSPS) is 19.8. The van der Waals surface area contributed by atoms with Crippen molar-refractivity contribution in [2.24, 2.45) is 0 Å². The van der Waals surface area contributed by atoms with Crippen molar-refractivity contribution < 1.29 is 23.6 Å². The van der Waals surface area contributed by atoms with Crippen molar-refractivity contribution in [1.82, 2.24) is 30.7 Å². The highest BCUT2D eigenvalue weighted by Crippen LogP contribution is 2.37. The number of carbonyl (C=O) groups is 4. The molecule has 2 aliphatic rings. The Balaban J connectivity index is 0.000000261. The lowest BCUT2D eigenvalue weighted by Crippen LogP contribution is -2.52. The standard InChI is InChI=1S/C29H37ClN4O2.C26H32Cl2FN3O2/c1-33(2)29(21-24-10-6-11-25(30)20-24)16-14-26(15-17-29)32-27(35)12-13-28(36)34(19-7-18-31)22-23-8-4-3-5-9-23;1-32(2)26(16-18-4-3-5-20(27)14-18)12-10-21(11-13-26)31-25(34)9-8-24(33)30-17-19-6-7-23(29)22(28)15-19/h3-6,8-11,20,26H,7,12-17,19,21-22H2,1-2H3,(H,32,35);3-7,14-15,21H,8-13,16-17H2,1-2H3,(H,30,33)(H,31,34). The van der Waals surface area contributed by atoms with Crippen LogP contribution in [0.25, 0.3) is 0 Å². The van der Waals surface area contributed by atoms with Gasteiger partial charge in [-0.25, -0.2) is 4.39 Å². The van der Waals surface area contributed by atoms with Gasteiger partial charge in [0.25, 0.3) is 0 Å². The van der Waals surface area contributed by atoms with Crippen LogP contribution in [0.4, 0.5) is 4.39 Å². The monoisotopic (exact) mass is 1020 g/mol. The number of nitrogens with zero attached hydrogens (tertiary/aromatic N) is 4. The summed E-state index contributed by atoms with van der Waals surface area (Å²) in [7, 11) is 8.48. The highest BCUT2D eigenvalue weighted by atomic mass is 35.5. The average Bonchev–Trinajstić information content (AvgIpc) is 3.33. The van der Waals surface area contributed by atoms with Gasteiger partial charge in [-0.3, -0.25) is 19.2 Å². The summed E-state index contributed by atoms with van der Waals surface area (Å²) >= 11 is 18.1. The maximum atomic E-state index is 13.2. The van der Waals surface area contributed by atoms with Gasteiger partial charge in [0.1, 0.15) is 5.82 Å². The number of rotatable bonds is 20. The van der Waals surface area contributed by atoms with Crippen LogP contribution in [-0.4, -0.2) is 96.2 Å². The van der Waals surface area contributed by atoms with Crippen LogP contribution in [0.15, 0.2) is 97.1 Å². The van der Waals surface area contributed by atoms with E-state index in [4.69, 9.17) is 40.1 Å². The molecule has 0 heterocycles. The number of halogens is 4. The van der Waals surface area contributed by atoms with Gasteiger partial charge >= 0.3 is 0 Å². The first-order valence-electron chi connectivity index (χ1n) is 24.3. The molecule has 0 radical (unpaired) electrons. The van der Waals surface area contributed by atoms with Crippen LogP contribution < -0.4 is 16.0 Å². The van der Waals surface area contributed by atoms with Crippen LogP contribution in [0.3, 0.4) is 0 Å². The van der Waals surface area contributed by atoms with Crippen molar-refractivity contribution in [3.05, 3.63) is 140 Å². The van der Waals surface area contributed by atoms with Crippen molar-refractivity contribution in [3.8, 4) is 6.07 Å². The molecular formula is C55H69Cl3FN7O4. The molecule has 0 aliphatic heterocycles. The predicted molar refractivity (Wildman–Crippen MR) is 278 cm³/mol. The van der Waals surface area contributed by atoms with Crippen LogP contribution >= 0.6 is 34.8 Å². The van der Waals surface area contributed by atoms with E-state index in [0.717, 1.165) is 79.8 Å². The van der Waals surface area contributed by atoms with E-state index in [-0.39, 0.29) is 90.5 Å². The summed E-state index contributed by atoms with van der Waals surface area (Å²) in [6.45, 7) is 1.06. The van der Waals surface area contributed by atoms with Gasteiger partial charge in [-0.2, -0.15) is 5.26 Å². The Bertz CT molecular complexity index is 2380. The minimum atomic E-state index is -0.497. The second kappa shape index (κ2) is 27.5. The lowest BCUT2D eigenvalue weighted by atomic mass is 9.75. The number of carbonyl (C=O) groups excluding carboxylic acids is 4. The molecule has 4 aromatic rings. The zero-order chi connectivity index (χ0) is 50.7. The van der Waals surface area contributed by atoms with E-state index in [1.165, 1.54) is 23.3 Å². The first-order valence-corrected chi connectivity index (χ1v) is 25.4. The van der Waals surface area contributed by atoms with Gasteiger partial charge in [-0.1, -0.05) is 95.5 Å². The Labute approximate surface area is 429 Å². The Kier molecular flexibility index (Phi) is 22.0. The molecule has 2 saturated carbocycles. The first-order chi connectivity index (χ1) is 33.5. The van der Waals surface area contributed by atoms with Gasteiger partial charge < -0.3 is 30.7 Å². The molecule has 11 nitrogen and oxygen atoms in total. The zero-order valence-corrected chi connectivity index (χ0v) is 43.3. The molecule has 6 rings (SSSR count). The first kappa shape index (κ1) is 55.9. The summed E-state index contributed by atoms with van der Waals surface area (Å²) in [5.74, 6) is -1.02. The summed E-state index contributed by atoms with van der Waals surface area (Å²) in [5, 5.41) is 19.5. The largest absolute Gasteiger partial charge is 0.353 e. The predicted octanol–water partition coefficient (Wildman–Crippen LogP) is 10.1. The molecule has 0 saturated heterocycles. The topological polar surface area (TPSA) is 138 Å². The average molecular weight is 1020 g/mol. The number of hydrogen-bond donors (Lipinski definition) is 3. The van der Waals surface area contributed by atoms with Crippen molar-refractivity contribution in [3.63, 3.8) is 0 Å². The van der Waals surface area contributed by atoms with E-state index in [9.17, 15) is 23.6 Å². The Morgan fingerprint density at radius 1 is 0.629 bits per heavy atom. The zero-order valence-electron chi connectivity index (χ0n) is 41.1. The minimum Gasteiger partial charge on any atom is -0.353 e. The summed E-state index contributed by atoms with van der Waals surface area (Å²) in [6.07, 6.45) is 10.2. The molecule has 0 unspecified atom stereocenters. The molecule has 15 heteroatoms. The van der Waals surface area contributed by atoms with Gasteiger partial charge in [-0.05, 0) is 151 Å². The van der Waals surface area contributed by atoms with Crippen LogP contribution in [0.2, 0.25) is 15.1 Å². The van der Waals surface area contributed by atoms with E-state index in [2.05, 4.69) is 72.1 Å². The highest BCUT2D eigenvalue weighted by molar-refractivity contribution is 6.31. The molecule has 2 fully saturated rings. The Morgan fingerprint density at radius 3 is 1.59 bits per heavy atom. The number of nitriles is 1. The molecule has 4 aromatic carbocycles. The van der Waals surface area contributed by atoms with Crippen molar-refractivity contribution >= 4 is 58.4 Å². The molecule has 3 N–H and O–H groups in total. The Morgan fingerprint density at radius 2 is 1.11 bits per heavy atom. The van der Waals surface area contributed by atoms with Crippen LogP contribution in [0, 0.1) is 17.1 Å². The smallest absolute Gasteiger partial charge is 0.223 e. The van der Waals surface area contributed by atoms with Crippen LogP contribution in [-0.2, 0) is 45.1 Å². The summed E-state index contributed by atoms with van der Waals surface area (Å²) in [5.41, 5.74) is 4.24. The van der Waals surface area contributed by atoms with Gasteiger partial charge in [-0.15, -0.1) is 0 Å². The number of benzene rings is 4. The maximum Gasteiger partial charge on any atom is 0.223 e. The summed E-state index contributed by atoms with van der Waals surface area (Å²) < 4.78 is 13.2. The summed E-state index contributed by atoms with van der Waals surface area (Å²) in [4.78, 5) is 56.3. The van der Waals surface area contributed by atoms with E-state index in [1.54, 1.807) is 11.0 Å². The van der Waals surface area contributed by atoms with Crippen molar-refractivity contribution in [2.75, 3.05) is 34.7 Å². The molecule has 0 bridgehead atoms. The second-order valence-electron chi connectivity index (χ2n) is 19.3. The quantitative estimate of drug-likeness (QED) is 0.0802. The fourth-order valence-electron chi connectivity index (χ4n) is 9.64. The third kappa shape index (κ3) is 17.7. The fourth-order valence-corrected chi connectivity index (χ4v) is 10.3. The third-order valence-electron chi connectivity index (χ3n) is 14.0. The van der Waals surface area contributed by atoms with Gasteiger partial charge in [0.05, 0.1) is 17.5 Å². The molecule has 0 spiro atoms. The van der Waals surface area contributed by atoms with Crippen LogP contribution in [0.5, 0.6) is 0 Å². The molecule has 2 aliphatic carbocycles. The number of likely N-dealkylation sites (N-methyl/N-ethyl adjacent to an activating group) is 2. The molecule has 70 heavy (non-hydrogen) atoms. The second-order valence-corrected chi connectivity index (χ2v) is 20.5. The molecule has 0 aromatic heterocycles. The van der Waals surface area contributed by atoms with Crippen molar-refractivity contribution in [1.29, 1.82) is 5.26 Å². The molecule has 4 amide bonds. The lowest BCUT2D eigenvalue weighted by molar-refractivity contribution is -0.134. The highest BCUT2D eigenvalue weighted by Gasteiger charge is 2.39. The fraction of sp³-hybridized carbons (Fsp3) is 0.473. The molecule has 0 atom stereocenters. The van der Waals surface area contributed by atoms with E-state index < -0.39 is 5.82 Å². The number of hydrogen-bond acceptors (Lipinski definition) is 7. The van der Waals surface area contributed by atoms with Crippen molar-refractivity contribution in [2.45, 2.75) is 133 Å². The van der Waals surface area contributed by atoms with Gasteiger partial charge in [0.15, 0.2) is 0 Å². The van der Waals surface area contributed by atoms with Gasteiger partial charge in [0, 0.05) is 78.5 Å². The van der Waals surface area contributed by atoms with Gasteiger partial charge in [0.2, 0.25) is 23.6 Å². The maximum absolute atomic E-state index is 13.2. The van der Waals surface area contributed by atoms with E-state index >= 15 is 0 Å². The number of amides is 4. The molecular weight excluding hydrogens is 948 g/mol. The third-order valence-corrected chi connectivity index (χ3v) is 14.7.